The molecule has 6 heteroatoms. The van der Waals surface area contributed by atoms with Crippen LogP contribution in [0.1, 0.15) is 36.1 Å². The van der Waals surface area contributed by atoms with Crippen LogP contribution in [0, 0.1) is 0 Å². The van der Waals surface area contributed by atoms with E-state index in [1.807, 2.05) is 25.0 Å². The first-order valence-corrected chi connectivity index (χ1v) is 9.29. The lowest BCUT2D eigenvalue weighted by atomic mass is 10.2. The molecule has 0 spiro atoms. The van der Waals surface area contributed by atoms with Gasteiger partial charge >= 0.3 is 0 Å². The van der Waals surface area contributed by atoms with Gasteiger partial charge in [-0.15, -0.1) is 11.3 Å². The number of nitrogens with one attached hydrogen (secondary N) is 2. The average molecular weight is 313 g/mol. The highest BCUT2D eigenvalue weighted by molar-refractivity contribution is 7.99. The minimum atomic E-state index is 0.557. The quantitative estimate of drug-likeness (QED) is 0.648. The van der Waals surface area contributed by atoms with Gasteiger partial charge in [-0.05, 0) is 31.9 Å². The maximum atomic E-state index is 4.42. The Morgan fingerprint density at radius 3 is 3.00 bits per heavy atom. The van der Waals surface area contributed by atoms with Crippen LogP contribution in [0.15, 0.2) is 11.2 Å². The van der Waals surface area contributed by atoms with Crippen molar-refractivity contribution in [2.24, 2.45) is 4.99 Å². The van der Waals surface area contributed by atoms with E-state index in [1.165, 1.54) is 24.1 Å². The third kappa shape index (κ3) is 4.38. The lowest BCUT2D eigenvalue weighted by Crippen LogP contribution is -2.42. The summed E-state index contributed by atoms with van der Waals surface area (Å²) in [5, 5.41) is 8.81. The highest BCUT2D eigenvalue weighted by atomic mass is 32.2. The fourth-order valence-corrected chi connectivity index (χ4v) is 4.02. The SMILES string of the molecule is CCc1cnc(CNC(=NC)NC2CCC(SC)C2)s1. The summed E-state index contributed by atoms with van der Waals surface area (Å²) in [6, 6.07) is 0.557. The number of aryl methyl sites for hydroxylation is 1. The van der Waals surface area contributed by atoms with Gasteiger partial charge in [0.05, 0.1) is 6.54 Å². The van der Waals surface area contributed by atoms with Crippen LogP contribution in [0.5, 0.6) is 0 Å². The van der Waals surface area contributed by atoms with E-state index < -0.39 is 0 Å². The average Bonchev–Trinajstić information content (AvgIpc) is 3.12. The normalized spacial score (nSPS) is 23.1. The van der Waals surface area contributed by atoms with Gasteiger partial charge in [-0.25, -0.2) is 4.98 Å². The zero-order valence-corrected chi connectivity index (χ0v) is 14.1. The van der Waals surface area contributed by atoms with Crippen LogP contribution < -0.4 is 10.6 Å². The van der Waals surface area contributed by atoms with Crippen molar-refractivity contribution < 1.29 is 0 Å². The number of hydrogen-bond donors (Lipinski definition) is 2. The molecule has 0 radical (unpaired) electrons. The standard InChI is InChI=1S/C14H24N4S2/c1-4-11-8-16-13(20-11)9-17-14(15-2)18-10-5-6-12(7-10)19-3/h8,10,12H,4-7,9H2,1-3H3,(H2,15,17,18). The molecule has 1 heterocycles. The molecule has 1 aromatic rings. The summed E-state index contributed by atoms with van der Waals surface area (Å²) in [6.45, 7) is 2.91. The molecule has 0 aromatic carbocycles. The number of guanidine groups is 1. The highest BCUT2D eigenvalue weighted by Gasteiger charge is 2.24. The number of thioether (sulfide) groups is 1. The first-order valence-electron chi connectivity index (χ1n) is 7.18. The van der Waals surface area contributed by atoms with Crippen LogP contribution in [0.3, 0.4) is 0 Å². The number of aromatic nitrogens is 1. The number of thiazole rings is 1. The van der Waals surface area contributed by atoms with E-state index in [1.54, 1.807) is 11.3 Å². The summed E-state index contributed by atoms with van der Waals surface area (Å²) < 4.78 is 0. The molecular formula is C14H24N4S2. The minimum Gasteiger partial charge on any atom is -0.354 e. The third-order valence-electron chi connectivity index (χ3n) is 3.64. The molecule has 2 rings (SSSR count). The maximum Gasteiger partial charge on any atom is 0.191 e. The predicted octanol–water partition coefficient (Wildman–Crippen LogP) is 2.65. The van der Waals surface area contributed by atoms with E-state index in [0.29, 0.717) is 6.04 Å². The Morgan fingerprint density at radius 2 is 2.40 bits per heavy atom. The van der Waals surface area contributed by atoms with E-state index in [4.69, 9.17) is 0 Å². The highest BCUT2D eigenvalue weighted by Crippen LogP contribution is 2.28. The van der Waals surface area contributed by atoms with E-state index in [2.05, 4.69) is 33.8 Å². The summed E-state index contributed by atoms with van der Waals surface area (Å²) in [5.74, 6) is 0.894. The lowest BCUT2D eigenvalue weighted by Gasteiger charge is -2.16. The van der Waals surface area contributed by atoms with Crippen molar-refractivity contribution in [3.05, 3.63) is 16.1 Å². The van der Waals surface area contributed by atoms with Gasteiger partial charge in [-0.2, -0.15) is 11.8 Å². The molecule has 2 unspecified atom stereocenters. The first kappa shape index (κ1) is 15.6. The van der Waals surface area contributed by atoms with Crippen LogP contribution in [0.25, 0.3) is 0 Å². The Balaban J connectivity index is 1.78. The first-order chi connectivity index (χ1) is 9.75. The summed E-state index contributed by atoms with van der Waals surface area (Å²) >= 11 is 3.75. The van der Waals surface area contributed by atoms with Gasteiger partial charge in [-0.1, -0.05) is 6.92 Å². The van der Waals surface area contributed by atoms with Gasteiger partial charge in [0.2, 0.25) is 0 Å². The van der Waals surface area contributed by atoms with Crippen LogP contribution in [0.2, 0.25) is 0 Å². The summed E-state index contributed by atoms with van der Waals surface area (Å²) in [5.41, 5.74) is 0. The van der Waals surface area contributed by atoms with E-state index in [0.717, 1.165) is 29.2 Å². The van der Waals surface area contributed by atoms with Crippen LogP contribution >= 0.6 is 23.1 Å². The van der Waals surface area contributed by atoms with Gasteiger partial charge in [-0.3, -0.25) is 4.99 Å². The van der Waals surface area contributed by atoms with Gasteiger partial charge in [0.1, 0.15) is 5.01 Å². The second-order valence-corrected chi connectivity index (χ2v) is 7.35. The van der Waals surface area contributed by atoms with E-state index >= 15 is 0 Å². The molecule has 0 bridgehead atoms. The Bertz CT molecular complexity index is 444. The zero-order chi connectivity index (χ0) is 14.4. The van der Waals surface area contributed by atoms with Gasteiger partial charge < -0.3 is 10.6 Å². The molecule has 0 amide bonds. The molecule has 1 aliphatic carbocycles. The number of hydrogen-bond acceptors (Lipinski definition) is 4. The zero-order valence-electron chi connectivity index (χ0n) is 12.5. The third-order valence-corrected chi connectivity index (χ3v) is 5.88. The molecule has 1 aliphatic rings. The van der Waals surface area contributed by atoms with Gasteiger partial charge in [0, 0.05) is 29.4 Å². The molecule has 0 aliphatic heterocycles. The Morgan fingerprint density at radius 1 is 1.55 bits per heavy atom. The molecule has 2 atom stereocenters. The second-order valence-electron chi connectivity index (χ2n) is 5.01. The monoisotopic (exact) mass is 312 g/mol. The van der Waals surface area contributed by atoms with Crippen molar-refractivity contribution in [2.45, 2.75) is 50.4 Å². The van der Waals surface area contributed by atoms with E-state index in [9.17, 15) is 0 Å². The fourth-order valence-electron chi connectivity index (χ4n) is 2.43. The van der Waals surface area contributed by atoms with Crippen LogP contribution in [-0.2, 0) is 13.0 Å². The van der Waals surface area contributed by atoms with Crippen molar-refractivity contribution in [3.63, 3.8) is 0 Å². The van der Waals surface area contributed by atoms with Crippen molar-refractivity contribution in [1.29, 1.82) is 0 Å². The molecule has 4 nitrogen and oxygen atoms in total. The van der Waals surface area contributed by atoms with Crippen molar-refractivity contribution in [2.75, 3.05) is 13.3 Å². The summed E-state index contributed by atoms with van der Waals surface area (Å²) in [6.07, 6.45) is 9.01. The molecule has 1 aromatic heterocycles. The van der Waals surface area contributed by atoms with Crippen molar-refractivity contribution in [1.82, 2.24) is 15.6 Å². The number of aliphatic imine (C=N–C) groups is 1. The minimum absolute atomic E-state index is 0.557. The molecule has 20 heavy (non-hydrogen) atoms. The van der Waals surface area contributed by atoms with Crippen LogP contribution in [0.4, 0.5) is 0 Å². The van der Waals surface area contributed by atoms with E-state index in [-0.39, 0.29) is 0 Å². The van der Waals surface area contributed by atoms with Crippen molar-refractivity contribution >= 4 is 29.1 Å². The van der Waals surface area contributed by atoms with Crippen LogP contribution in [-0.4, -0.2) is 35.5 Å². The lowest BCUT2D eigenvalue weighted by molar-refractivity contribution is 0.614. The Labute approximate surface area is 129 Å². The molecule has 0 saturated heterocycles. The van der Waals surface area contributed by atoms with Gasteiger partial charge in [0.25, 0.3) is 0 Å². The topological polar surface area (TPSA) is 49.3 Å². The largest absolute Gasteiger partial charge is 0.354 e. The summed E-state index contributed by atoms with van der Waals surface area (Å²) in [4.78, 5) is 10.1. The van der Waals surface area contributed by atoms with Crippen molar-refractivity contribution in [3.8, 4) is 0 Å². The Kier molecular flexibility index (Phi) is 6.16. The number of rotatable bonds is 5. The maximum absolute atomic E-state index is 4.42. The molecular weight excluding hydrogens is 288 g/mol. The smallest absolute Gasteiger partial charge is 0.191 e. The summed E-state index contributed by atoms with van der Waals surface area (Å²) in [7, 11) is 1.83. The second kappa shape index (κ2) is 7.88. The number of nitrogens with zero attached hydrogens (tertiary/aromatic N) is 2. The predicted molar refractivity (Wildman–Crippen MR) is 89.8 cm³/mol. The fraction of sp³-hybridized carbons (Fsp3) is 0.714. The molecule has 1 fully saturated rings. The molecule has 1 saturated carbocycles. The molecule has 2 N–H and O–H groups in total. The molecule has 112 valence electrons. The van der Waals surface area contributed by atoms with Gasteiger partial charge in [0.15, 0.2) is 5.96 Å². The Hall–Kier alpha value is -0.750.